The average Bonchev–Trinajstić information content (AvgIpc) is 3.33. The lowest BCUT2D eigenvalue weighted by atomic mass is 10.1. The predicted octanol–water partition coefficient (Wildman–Crippen LogP) is 4.31. The molecule has 0 spiro atoms. The molecule has 1 saturated heterocycles. The van der Waals surface area contributed by atoms with Crippen LogP contribution in [0.25, 0.3) is 5.65 Å². The van der Waals surface area contributed by atoms with Crippen molar-refractivity contribution in [3.05, 3.63) is 59.0 Å². The summed E-state index contributed by atoms with van der Waals surface area (Å²) in [6.45, 7) is 4.23. The van der Waals surface area contributed by atoms with E-state index in [1.54, 1.807) is 20.1 Å². The second-order valence-electron chi connectivity index (χ2n) is 7.39. The van der Waals surface area contributed by atoms with Crippen LogP contribution in [0.4, 0.5) is 13.2 Å². The van der Waals surface area contributed by atoms with Crippen LogP contribution in [0.3, 0.4) is 0 Å². The summed E-state index contributed by atoms with van der Waals surface area (Å²) in [6.07, 6.45) is -3.16. The molecule has 0 unspecified atom stereocenters. The standard InChI is InChI=1S/C21H23F3N4O/c1-3-16-10-19(21(22,23)24)28-20(25-16)11-18(26-28)15-8-9-27(13-15)12-14-4-6-17(29-2)7-5-14/h4-7,10-11,15H,3,8-9,12-13H2,1-2H3/t15-/m1/s1. The zero-order chi connectivity index (χ0) is 20.6. The Hall–Kier alpha value is -2.61. The number of benzene rings is 1. The van der Waals surface area contributed by atoms with E-state index >= 15 is 0 Å². The molecular weight excluding hydrogens is 381 g/mol. The zero-order valence-electron chi connectivity index (χ0n) is 16.4. The van der Waals surface area contributed by atoms with Gasteiger partial charge in [0.15, 0.2) is 5.65 Å². The van der Waals surface area contributed by atoms with Gasteiger partial charge in [-0.05, 0) is 43.1 Å². The second kappa shape index (κ2) is 7.67. The minimum atomic E-state index is -4.47. The summed E-state index contributed by atoms with van der Waals surface area (Å²) < 4.78 is 46.5. The largest absolute Gasteiger partial charge is 0.497 e. The van der Waals surface area contributed by atoms with E-state index < -0.39 is 11.9 Å². The van der Waals surface area contributed by atoms with Crippen LogP contribution in [0.2, 0.25) is 0 Å². The summed E-state index contributed by atoms with van der Waals surface area (Å²) in [6, 6.07) is 10.7. The molecule has 5 nitrogen and oxygen atoms in total. The summed E-state index contributed by atoms with van der Waals surface area (Å²) in [7, 11) is 1.64. The minimum absolute atomic E-state index is 0.0982. The van der Waals surface area contributed by atoms with E-state index in [2.05, 4.69) is 15.0 Å². The van der Waals surface area contributed by atoms with E-state index in [0.29, 0.717) is 17.8 Å². The first kappa shape index (κ1) is 19.7. The molecule has 0 N–H and O–H groups in total. The molecule has 2 aromatic heterocycles. The van der Waals surface area contributed by atoms with Crippen LogP contribution < -0.4 is 4.74 Å². The van der Waals surface area contributed by atoms with Crippen LogP contribution >= 0.6 is 0 Å². The number of aryl methyl sites for hydroxylation is 1. The maximum atomic E-state index is 13.5. The summed E-state index contributed by atoms with van der Waals surface area (Å²) >= 11 is 0. The maximum absolute atomic E-state index is 13.5. The summed E-state index contributed by atoms with van der Waals surface area (Å²) in [5.41, 5.74) is 1.77. The van der Waals surface area contributed by atoms with Gasteiger partial charge in [0.2, 0.25) is 0 Å². The van der Waals surface area contributed by atoms with Crippen LogP contribution in [0, 0.1) is 0 Å². The van der Waals surface area contributed by atoms with E-state index in [0.717, 1.165) is 42.4 Å². The Morgan fingerprint density at radius 3 is 2.59 bits per heavy atom. The van der Waals surface area contributed by atoms with Gasteiger partial charge in [-0.15, -0.1) is 0 Å². The maximum Gasteiger partial charge on any atom is 0.433 e. The van der Waals surface area contributed by atoms with Crippen molar-refractivity contribution in [1.29, 1.82) is 0 Å². The fraction of sp³-hybridized carbons (Fsp3) is 0.429. The van der Waals surface area contributed by atoms with Crippen molar-refractivity contribution in [3.63, 3.8) is 0 Å². The fourth-order valence-electron chi connectivity index (χ4n) is 3.83. The van der Waals surface area contributed by atoms with Crippen molar-refractivity contribution in [2.45, 2.75) is 38.4 Å². The van der Waals surface area contributed by atoms with E-state index in [4.69, 9.17) is 4.74 Å². The number of methoxy groups -OCH3 is 1. The van der Waals surface area contributed by atoms with Gasteiger partial charge < -0.3 is 4.74 Å². The zero-order valence-corrected chi connectivity index (χ0v) is 16.4. The van der Waals surface area contributed by atoms with Gasteiger partial charge in [-0.1, -0.05) is 19.1 Å². The Kier molecular flexibility index (Phi) is 5.21. The third kappa shape index (κ3) is 4.07. The second-order valence-corrected chi connectivity index (χ2v) is 7.39. The molecule has 154 valence electrons. The van der Waals surface area contributed by atoms with Crippen LogP contribution in [-0.2, 0) is 19.1 Å². The third-order valence-electron chi connectivity index (χ3n) is 5.41. The highest BCUT2D eigenvalue weighted by Crippen LogP contribution is 2.32. The van der Waals surface area contributed by atoms with Gasteiger partial charge in [0.25, 0.3) is 0 Å². The van der Waals surface area contributed by atoms with Crippen molar-refractivity contribution >= 4 is 5.65 Å². The highest BCUT2D eigenvalue weighted by atomic mass is 19.4. The molecule has 0 radical (unpaired) electrons. The van der Waals surface area contributed by atoms with Crippen molar-refractivity contribution in [2.24, 2.45) is 0 Å². The highest BCUT2D eigenvalue weighted by molar-refractivity contribution is 5.43. The van der Waals surface area contributed by atoms with Gasteiger partial charge in [0.1, 0.15) is 11.4 Å². The van der Waals surface area contributed by atoms with Gasteiger partial charge in [-0.3, -0.25) is 4.90 Å². The normalized spacial score (nSPS) is 17.9. The van der Waals surface area contributed by atoms with E-state index in [1.807, 2.05) is 24.3 Å². The van der Waals surface area contributed by atoms with Crippen molar-refractivity contribution in [3.8, 4) is 5.75 Å². The smallest absolute Gasteiger partial charge is 0.433 e. The lowest BCUT2D eigenvalue weighted by Crippen LogP contribution is -2.19. The first-order chi connectivity index (χ1) is 13.9. The van der Waals surface area contributed by atoms with E-state index in [1.165, 1.54) is 5.56 Å². The first-order valence-corrected chi connectivity index (χ1v) is 9.69. The molecule has 4 rings (SSSR count). The summed E-state index contributed by atoms with van der Waals surface area (Å²) in [4.78, 5) is 6.64. The van der Waals surface area contributed by atoms with Gasteiger partial charge in [-0.25, -0.2) is 9.50 Å². The molecular formula is C21H23F3N4O. The number of nitrogens with zero attached hydrogens (tertiary/aromatic N) is 4. The van der Waals surface area contributed by atoms with E-state index in [-0.39, 0.29) is 11.6 Å². The predicted molar refractivity (Wildman–Crippen MR) is 103 cm³/mol. The molecule has 1 fully saturated rings. The summed E-state index contributed by atoms with van der Waals surface area (Å²) in [5, 5.41) is 4.29. The lowest BCUT2D eigenvalue weighted by molar-refractivity contribution is -0.142. The van der Waals surface area contributed by atoms with Gasteiger partial charge in [-0.2, -0.15) is 18.3 Å². The Balaban J connectivity index is 1.54. The number of hydrogen-bond acceptors (Lipinski definition) is 4. The third-order valence-corrected chi connectivity index (χ3v) is 5.41. The Morgan fingerprint density at radius 2 is 1.93 bits per heavy atom. The van der Waals surface area contributed by atoms with Gasteiger partial charge in [0.05, 0.1) is 12.8 Å². The average molecular weight is 404 g/mol. The first-order valence-electron chi connectivity index (χ1n) is 9.69. The van der Waals surface area contributed by atoms with Crippen LogP contribution in [0.5, 0.6) is 5.75 Å². The van der Waals surface area contributed by atoms with Gasteiger partial charge in [0, 0.05) is 30.8 Å². The number of rotatable bonds is 5. The SMILES string of the molecule is CCc1cc(C(F)(F)F)n2nc([C@@H]3CCN(Cc4ccc(OC)cc4)C3)cc2n1. The minimum Gasteiger partial charge on any atom is -0.497 e. The fourth-order valence-corrected chi connectivity index (χ4v) is 3.83. The number of fused-ring (bicyclic) bond motifs is 1. The van der Waals surface area contributed by atoms with Crippen LogP contribution in [0.1, 0.15) is 41.9 Å². The van der Waals surface area contributed by atoms with Crippen molar-refractivity contribution in [2.75, 3.05) is 20.2 Å². The van der Waals surface area contributed by atoms with Crippen LogP contribution in [-0.4, -0.2) is 39.7 Å². The number of hydrogen-bond donors (Lipinski definition) is 0. The monoisotopic (exact) mass is 404 g/mol. The molecule has 1 aliphatic rings. The topological polar surface area (TPSA) is 42.7 Å². The Bertz CT molecular complexity index is 998. The van der Waals surface area contributed by atoms with Crippen molar-refractivity contribution in [1.82, 2.24) is 19.5 Å². The highest BCUT2D eigenvalue weighted by Gasteiger charge is 2.36. The Labute approximate surface area is 167 Å². The number of ether oxygens (including phenoxy) is 1. The number of alkyl halides is 3. The molecule has 1 aromatic carbocycles. The molecule has 1 atom stereocenters. The lowest BCUT2D eigenvalue weighted by Gasteiger charge is -2.15. The molecule has 0 bridgehead atoms. The number of aromatic nitrogens is 3. The molecule has 0 amide bonds. The van der Waals surface area contributed by atoms with Crippen LogP contribution in [0.15, 0.2) is 36.4 Å². The molecule has 0 saturated carbocycles. The molecule has 3 heterocycles. The summed E-state index contributed by atoms with van der Waals surface area (Å²) in [5.74, 6) is 0.915. The Morgan fingerprint density at radius 1 is 1.17 bits per heavy atom. The van der Waals surface area contributed by atoms with Crippen molar-refractivity contribution < 1.29 is 17.9 Å². The quantitative estimate of drug-likeness (QED) is 0.636. The molecule has 8 heteroatoms. The number of halogens is 3. The van der Waals surface area contributed by atoms with Gasteiger partial charge >= 0.3 is 6.18 Å². The van der Waals surface area contributed by atoms with E-state index in [9.17, 15) is 13.2 Å². The molecule has 0 aliphatic carbocycles. The molecule has 1 aliphatic heterocycles. The molecule has 3 aromatic rings. The number of likely N-dealkylation sites (tertiary alicyclic amines) is 1. The molecule has 29 heavy (non-hydrogen) atoms.